The summed E-state index contributed by atoms with van der Waals surface area (Å²) < 4.78 is 5.16. The third-order valence-electron chi connectivity index (χ3n) is 3.03. The van der Waals surface area contributed by atoms with Crippen LogP contribution in [0.15, 0.2) is 24.3 Å². The number of ether oxygens (including phenoxy) is 1. The molecule has 0 atom stereocenters. The molecule has 1 aliphatic rings. The molecular weight excluding hydrogens is 212 g/mol. The maximum absolute atomic E-state index is 10.2. The van der Waals surface area contributed by atoms with Crippen LogP contribution in [0.5, 0.6) is 0 Å². The van der Waals surface area contributed by atoms with Crippen molar-refractivity contribution in [1.82, 2.24) is 0 Å². The van der Waals surface area contributed by atoms with Gasteiger partial charge in [-0.05, 0) is 11.6 Å². The third-order valence-corrected chi connectivity index (χ3v) is 3.39. The van der Waals surface area contributed by atoms with Gasteiger partial charge in [0.15, 0.2) is 0 Å². The summed E-state index contributed by atoms with van der Waals surface area (Å²) in [6.45, 7) is 0. The van der Waals surface area contributed by atoms with Crippen molar-refractivity contribution >= 4 is 11.6 Å². The zero-order valence-electron chi connectivity index (χ0n) is 8.74. The molecule has 0 radical (unpaired) electrons. The summed E-state index contributed by atoms with van der Waals surface area (Å²) in [7, 11) is 1.68. The molecule has 1 fully saturated rings. The number of hydrogen-bond donors (Lipinski definition) is 1. The summed E-state index contributed by atoms with van der Waals surface area (Å²) in [4.78, 5) is 0. The van der Waals surface area contributed by atoms with Crippen molar-refractivity contribution in [2.75, 3.05) is 7.11 Å². The predicted molar refractivity (Wildman–Crippen MR) is 60.1 cm³/mol. The summed E-state index contributed by atoms with van der Waals surface area (Å²) in [5.41, 5.74) is 0.391. The number of aliphatic hydroxyl groups is 1. The summed E-state index contributed by atoms with van der Waals surface area (Å²) in [6, 6.07) is 7.65. The molecular formula is C12H15ClO2. The van der Waals surface area contributed by atoms with Crippen molar-refractivity contribution in [1.29, 1.82) is 0 Å². The summed E-state index contributed by atoms with van der Waals surface area (Å²) in [5.74, 6) is 0. The Morgan fingerprint density at radius 2 is 2.13 bits per heavy atom. The van der Waals surface area contributed by atoms with Crippen LogP contribution in [0.3, 0.4) is 0 Å². The molecule has 0 unspecified atom stereocenters. The molecule has 1 aromatic rings. The molecule has 2 nitrogen and oxygen atoms in total. The maximum atomic E-state index is 10.2. The van der Waals surface area contributed by atoms with Crippen molar-refractivity contribution in [3.63, 3.8) is 0 Å². The minimum atomic E-state index is -0.619. The number of hydrogen-bond acceptors (Lipinski definition) is 2. The summed E-state index contributed by atoms with van der Waals surface area (Å²) >= 11 is 6.04. The highest BCUT2D eigenvalue weighted by Gasteiger charge is 2.42. The van der Waals surface area contributed by atoms with Gasteiger partial charge in [-0.2, -0.15) is 0 Å². The molecule has 1 aromatic carbocycles. The molecule has 1 saturated carbocycles. The lowest BCUT2D eigenvalue weighted by Crippen LogP contribution is -2.49. The van der Waals surface area contributed by atoms with Gasteiger partial charge in [-0.1, -0.05) is 29.8 Å². The Balaban J connectivity index is 2.01. The van der Waals surface area contributed by atoms with Crippen molar-refractivity contribution in [2.24, 2.45) is 0 Å². The van der Waals surface area contributed by atoms with Gasteiger partial charge in [0.2, 0.25) is 0 Å². The standard InChI is InChI=1S/C12H15ClO2/c1-15-10-7-12(14,8-10)6-9-4-2-3-5-11(9)13/h2-5,10,14H,6-8H2,1H3. The molecule has 82 valence electrons. The van der Waals surface area contributed by atoms with Crippen LogP contribution in [0.1, 0.15) is 18.4 Å². The van der Waals surface area contributed by atoms with E-state index < -0.39 is 5.60 Å². The quantitative estimate of drug-likeness (QED) is 0.858. The van der Waals surface area contributed by atoms with E-state index in [-0.39, 0.29) is 6.10 Å². The first-order valence-corrected chi connectivity index (χ1v) is 5.49. The van der Waals surface area contributed by atoms with Crippen LogP contribution in [-0.4, -0.2) is 23.9 Å². The van der Waals surface area contributed by atoms with Crippen LogP contribution in [0.4, 0.5) is 0 Å². The molecule has 0 aliphatic heterocycles. The molecule has 2 rings (SSSR count). The smallest absolute Gasteiger partial charge is 0.0737 e. The Bertz CT molecular complexity index is 345. The number of benzene rings is 1. The zero-order chi connectivity index (χ0) is 10.9. The lowest BCUT2D eigenvalue weighted by Gasteiger charge is -2.43. The Morgan fingerprint density at radius 1 is 1.47 bits per heavy atom. The Hall–Kier alpha value is -0.570. The molecule has 1 aliphatic carbocycles. The average Bonchev–Trinajstić information content (AvgIpc) is 2.17. The largest absolute Gasteiger partial charge is 0.389 e. The number of rotatable bonds is 3. The second-order valence-corrected chi connectivity index (χ2v) is 4.67. The molecule has 15 heavy (non-hydrogen) atoms. The SMILES string of the molecule is COC1CC(O)(Cc2ccccc2Cl)C1. The van der Waals surface area contributed by atoms with Gasteiger partial charge in [-0.25, -0.2) is 0 Å². The van der Waals surface area contributed by atoms with Gasteiger partial charge in [0.1, 0.15) is 0 Å². The van der Waals surface area contributed by atoms with Crippen LogP contribution in [0.2, 0.25) is 5.02 Å². The predicted octanol–water partition coefficient (Wildman–Crippen LogP) is 2.42. The number of methoxy groups -OCH3 is 1. The fourth-order valence-electron chi connectivity index (χ4n) is 2.10. The summed E-state index contributed by atoms with van der Waals surface area (Å²) in [5, 5.41) is 10.9. The van der Waals surface area contributed by atoms with Crippen molar-refractivity contribution < 1.29 is 9.84 Å². The van der Waals surface area contributed by atoms with E-state index in [4.69, 9.17) is 16.3 Å². The normalized spacial score (nSPS) is 29.9. The molecule has 0 bridgehead atoms. The van der Waals surface area contributed by atoms with E-state index in [1.165, 1.54) is 0 Å². The van der Waals surface area contributed by atoms with Crippen molar-refractivity contribution in [3.05, 3.63) is 34.9 Å². The zero-order valence-corrected chi connectivity index (χ0v) is 9.50. The maximum Gasteiger partial charge on any atom is 0.0737 e. The highest BCUT2D eigenvalue weighted by atomic mass is 35.5. The Morgan fingerprint density at radius 3 is 2.73 bits per heavy atom. The number of halogens is 1. The van der Waals surface area contributed by atoms with Gasteiger partial charge in [0.05, 0.1) is 11.7 Å². The monoisotopic (exact) mass is 226 g/mol. The highest BCUT2D eigenvalue weighted by molar-refractivity contribution is 6.31. The lowest BCUT2D eigenvalue weighted by molar-refractivity contribution is -0.126. The summed E-state index contributed by atoms with van der Waals surface area (Å²) in [6.07, 6.45) is 2.23. The van der Waals surface area contributed by atoms with Gasteiger partial charge in [0, 0.05) is 31.4 Å². The van der Waals surface area contributed by atoms with E-state index >= 15 is 0 Å². The molecule has 0 spiro atoms. The van der Waals surface area contributed by atoms with Gasteiger partial charge < -0.3 is 9.84 Å². The fourth-order valence-corrected chi connectivity index (χ4v) is 2.30. The second-order valence-electron chi connectivity index (χ2n) is 4.26. The molecule has 0 aromatic heterocycles. The van der Waals surface area contributed by atoms with Gasteiger partial charge in [-0.15, -0.1) is 0 Å². The molecule has 1 N–H and O–H groups in total. The minimum absolute atomic E-state index is 0.206. The van der Waals surface area contributed by atoms with E-state index in [1.54, 1.807) is 7.11 Å². The Labute approximate surface area is 94.8 Å². The second kappa shape index (κ2) is 4.12. The van der Waals surface area contributed by atoms with Crippen molar-refractivity contribution in [3.8, 4) is 0 Å². The molecule has 0 saturated heterocycles. The highest BCUT2D eigenvalue weighted by Crippen LogP contribution is 2.37. The minimum Gasteiger partial charge on any atom is -0.389 e. The average molecular weight is 227 g/mol. The topological polar surface area (TPSA) is 29.5 Å². The van der Waals surface area contributed by atoms with E-state index in [1.807, 2.05) is 24.3 Å². The fraction of sp³-hybridized carbons (Fsp3) is 0.500. The first-order valence-electron chi connectivity index (χ1n) is 5.11. The van der Waals surface area contributed by atoms with Crippen LogP contribution >= 0.6 is 11.6 Å². The van der Waals surface area contributed by atoms with Gasteiger partial charge in [-0.3, -0.25) is 0 Å². The Kier molecular flexibility index (Phi) is 3.01. The van der Waals surface area contributed by atoms with E-state index in [2.05, 4.69) is 0 Å². The van der Waals surface area contributed by atoms with Gasteiger partial charge in [0.25, 0.3) is 0 Å². The van der Waals surface area contributed by atoms with Crippen LogP contribution in [0, 0.1) is 0 Å². The van der Waals surface area contributed by atoms with Crippen LogP contribution in [-0.2, 0) is 11.2 Å². The van der Waals surface area contributed by atoms with Crippen LogP contribution in [0.25, 0.3) is 0 Å². The van der Waals surface area contributed by atoms with Crippen LogP contribution < -0.4 is 0 Å². The third kappa shape index (κ3) is 2.33. The lowest BCUT2D eigenvalue weighted by atomic mass is 9.74. The molecule has 0 amide bonds. The first-order chi connectivity index (χ1) is 7.13. The van der Waals surface area contributed by atoms with Gasteiger partial charge >= 0.3 is 0 Å². The molecule has 3 heteroatoms. The van der Waals surface area contributed by atoms with E-state index in [9.17, 15) is 5.11 Å². The first kappa shape index (κ1) is 10.9. The van der Waals surface area contributed by atoms with E-state index in [0.717, 1.165) is 10.6 Å². The molecule has 0 heterocycles. The van der Waals surface area contributed by atoms with E-state index in [0.29, 0.717) is 19.3 Å². The van der Waals surface area contributed by atoms with Crippen molar-refractivity contribution in [2.45, 2.75) is 31.0 Å².